The van der Waals surface area contributed by atoms with E-state index in [1.54, 1.807) is 14.0 Å². The van der Waals surface area contributed by atoms with Crippen LogP contribution in [0.15, 0.2) is 0 Å². The van der Waals surface area contributed by atoms with E-state index in [0.29, 0.717) is 65.4 Å². The Morgan fingerprint density at radius 3 is 1.79 bits per heavy atom. The van der Waals surface area contributed by atoms with Crippen molar-refractivity contribution in [1.82, 2.24) is 16.0 Å². The summed E-state index contributed by atoms with van der Waals surface area (Å²) in [6.07, 6.45) is 1.97. The Labute approximate surface area is 197 Å². The Balaban J connectivity index is 0. The molecule has 0 heterocycles. The smallest absolute Gasteiger partial charge is 0.320 e. The lowest BCUT2D eigenvalue weighted by molar-refractivity contribution is -0.139. The van der Waals surface area contributed by atoms with Crippen LogP contribution < -0.4 is 16.0 Å². The number of likely N-dealkylation sites (N-methyl/N-ethyl adjacent to an activating group) is 2. The molecule has 0 rings (SSSR count). The van der Waals surface area contributed by atoms with Crippen LogP contribution in [0.3, 0.4) is 0 Å². The van der Waals surface area contributed by atoms with Crippen LogP contribution in [-0.2, 0) is 33.4 Å². The summed E-state index contributed by atoms with van der Waals surface area (Å²) in [6.45, 7) is 7.83. The maximum atomic E-state index is 11.3. The number of rotatable bonds is 21. The quantitative estimate of drug-likeness (QED) is 0.168. The lowest BCUT2D eigenvalue weighted by atomic mass is 10.1. The molecule has 0 bridgehead atoms. The van der Waals surface area contributed by atoms with Gasteiger partial charge in [0, 0.05) is 32.4 Å². The van der Waals surface area contributed by atoms with Crippen LogP contribution in [0.2, 0.25) is 0 Å². The Morgan fingerprint density at radius 2 is 1.30 bits per heavy atom. The number of ether oxygens (including phenoxy) is 3. The van der Waals surface area contributed by atoms with Crippen molar-refractivity contribution in [1.29, 1.82) is 0 Å². The van der Waals surface area contributed by atoms with Crippen LogP contribution in [0.25, 0.3) is 0 Å². The first-order valence-electron chi connectivity index (χ1n) is 11.3. The van der Waals surface area contributed by atoms with Gasteiger partial charge in [0.25, 0.3) is 0 Å². The lowest BCUT2D eigenvalue weighted by Gasteiger charge is -2.10. The molecule has 0 radical (unpaired) electrons. The van der Waals surface area contributed by atoms with E-state index in [4.69, 9.17) is 19.3 Å². The number of ketones is 2. The van der Waals surface area contributed by atoms with Gasteiger partial charge >= 0.3 is 5.97 Å². The van der Waals surface area contributed by atoms with Crippen LogP contribution in [-0.4, -0.2) is 101 Å². The molecule has 1 atom stereocenters. The molecular formula is C22H43N3O8. The van der Waals surface area contributed by atoms with Gasteiger partial charge in [0.2, 0.25) is 5.91 Å². The van der Waals surface area contributed by atoms with Gasteiger partial charge in [-0.3, -0.25) is 14.4 Å². The van der Waals surface area contributed by atoms with Gasteiger partial charge in [0.15, 0.2) is 0 Å². The third-order valence-electron chi connectivity index (χ3n) is 4.17. The van der Waals surface area contributed by atoms with Gasteiger partial charge in [0.05, 0.1) is 39.6 Å². The second-order valence-corrected chi connectivity index (χ2v) is 7.27. The number of hydrogen-bond donors (Lipinski definition) is 4. The highest BCUT2D eigenvalue weighted by molar-refractivity contribution is 5.78. The maximum Gasteiger partial charge on any atom is 0.320 e. The molecule has 0 aliphatic rings. The molecule has 0 aromatic rings. The van der Waals surface area contributed by atoms with E-state index < -0.39 is 12.0 Å². The molecule has 4 N–H and O–H groups in total. The molecule has 0 unspecified atom stereocenters. The third kappa shape index (κ3) is 28.0. The molecule has 0 aliphatic carbocycles. The molecule has 0 fully saturated rings. The van der Waals surface area contributed by atoms with Crippen molar-refractivity contribution in [2.24, 2.45) is 0 Å². The summed E-state index contributed by atoms with van der Waals surface area (Å²) in [5.74, 6) is -0.897. The third-order valence-corrected chi connectivity index (χ3v) is 4.17. The molecule has 0 aromatic carbocycles. The SMILES string of the molecule is CNCCOCCOCCOCCC(C)=O.CN[C@@H](CCC(=O)NCCCC(C)=O)C(=O)O. The van der Waals surface area contributed by atoms with Crippen LogP contribution >= 0.6 is 0 Å². The van der Waals surface area contributed by atoms with Crippen molar-refractivity contribution in [3.8, 4) is 0 Å². The van der Waals surface area contributed by atoms with E-state index in [9.17, 15) is 19.2 Å². The summed E-state index contributed by atoms with van der Waals surface area (Å²) >= 11 is 0. The molecule has 33 heavy (non-hydrogen) atoms. The summed E-state index contributed by atoms with van der Waals surface area (Å²) < 4.78 is 15.7. The minimum atomic E-state index is -0.961. The number of nitrogens with one attached hydrogen (secondary N) is 3. The highest BCUT2D eigenvalue weighted by atomic mass is 16.5. The lowest BCUT2D eigenvalue weighted by Crippen LogP contribution is -2.35. The number of aliphatic carboxylic acids is 1. The number of Topliss-reactive ketones (excluding diaryl/α,β-unsaturated/α-hetero) is 2. The molecule has 0 saturated carbocycles. The highest BCUT2D eigenvalue weighted by Crippen LogP contribution is 1.97. The van der Waals surface area contributed by atoms with Gasteiger partial charge in [-0.05, 0) is 40.8 Å². The van der Waals surface area contributed by atoms with Gasteiger partial charge in [-0.15, -0.1) is 0 Å². The fourth-order valence-electron chi connectivity index (χ4n) is 2.25. The number of amides is 1. The molecule has 0 aliphatic heterocycles. The average molecular weight is 478 g/mol. The molecule has 1 amide bonds. The molecule has 0 saturated heterocycles. The van der Waals surface area contributed by atoms with E-state index in [2.05, 4.69) is 16.0 Å². The number of carboxylic acids is 1. The van der Waals surface area contributed by atoms with Crippen molar-refractivity contribution in [2.75, 3.05) is 66.8 Å². The van der Waals surface area contributed by atoms with Crippen molar-refractivity contribution in [3.63, 3.8) is 0 Å². The summed E-state index contributed by atoms with van der Waals surface area (Å²) in [5.41, 5.74) is 0. The van der Waals surface area contributed by atoms with Crippen molar-refractivity contribution in [2.45, 2.75) is 52.0 Å². The first-order valence-corrected chi connectivity index (χ1v) is 11.3. The normalized spacial score (nSPS) is 11.3. The molecule has 0 spiro atoms. The van der Waals surface area contributed by atoms with Gasteiger partial charge in [-0.1, -0.05) is 0 Å². The van der Waals surface area contributed by atoms with Crippen LogP contribution in [0.4, 0.5) is 0 Å². The van der Waals surface area contributed by atoms with E-state index in [0.717, 1.165) is 6.54 Å². The zero-order chi connectivity index (χ0) is 25.3. The predicted molar refractivity (Wildman–Crippen MR) is 124 cm³/mol. The molecule has 11 nitrogen and oxygen atoms in total. The molecule has 194 valence electrons. The summed E-state index contributed by atoms with van der Waals surface area (Å²) in [5, 5.41) is 17.0. The van der Waals surface area contributed by atoms with E-state index in [-0.39, 0.29) is 30.3 Å². The minimum absolute atomic E-state index is 0.0976. The number of carbonyl (C=O) groups is 4. The second kappa shape index (κ2) is 24.7. The molecular weight excluding hydrogens is 434 g/mol. The van der Waals surface area contributed by atoms with E-state index in [1.807, 2.05) is 7.05 Å². The van der Waals surface area contributed by atoms with Crippen molar-refractivity contribution >= 4 is 23.4 Å². The molecule has 0 aromatic heterocycles. The average Bonchev–Trinajstić information content (AvgIpc) is 2.75. The first kappa shape index (κ1) is 33.3. The number of hydrogen-bond acceptors (Lipinski definition) is 9. The minimum Gasteiger partial charge on any atom is -0.480 e. The number of carboxylic acid groups (broad SMARTS) is 1. The Bertz CT molecular complexity index is 532. The standard InChI is InChI=1S/C11H20N2O4.C11H23NO4/c1-8(14)4-3-7-13-10(15)6-5-9(12-2)11(16)17;1-11(13)3-5-14-7-9-16-10-8-15-6-4-12-2/h9,12H,3-7H2,1-2H3,(H,13,15)(H,16,17);12H,3-10H2,1-2H3/t9-;/m0./s1. The van der Waals surface area contributed by atoms with E-state index >= 15 is 0 Å². The van der Waals surface area contributed by atoms with Crippen LogP contribution in [0.5, 0.6) is 0 Å². The van der Waals surface area contributed by atoms with Gasteiger partial charge in [0.1, 0.15) is 17.6 Å². The molecule has 11 heteroatoms. The summed E-state index contributed by atoms with van der Waals surface area (Å²) in [4.78, 5) is 43.2. The largest absolute Gasteiger partial charge is 0.480 e. The monoisotopic (exact) mass is 477 g/mol. The van der Waals surface area contributed by atoms with Crippen molar-refractivity contribution in [3.05, 3.63) is 0 Å². The number of carbonyl (C=O) groups excluding carboxylic acids is 3. The second-order valence-electron chi connectivity index (χ2n) is 7.27. The predicted octanol–water partition coefficient (Wildman–Crippen LogP) is 0.159. The fraction of sp³-hybridized carbons (Fsp3) is 0.818. The zero-order valence-electron chi connectivity index (χ0n) is 20.6. The Morgan fingerprint density at radius 1 is 0.758 bits per heavy atom. The fourth-order valence-corrected chi connectivity index (χ4v) is 2.25. The summed E-state index contributed by atoms with van der Waals surface area (Å²) in [7, 11) is 3.43. The van der Waals surface area contributed by atoms with Gasteiger partial charge in [-0.2, -0.15) is 0 Å². The summed E-state index contributed by atoms with van der Waals surface area (Å²) in [6, 6.07) is -0.696. The van der Waals surface area contributed by atoms with Gasteiger partial charge in [-0.25, -0.2) is 0 Å². The highest BCUT2D eigenvalue weighted by Gasteiger charge is 2.15. The van der Waals surface area contributed by atoms with E-state index in [1.165, 1.54) is 6.92 Å². The Kier molecular flexibility index (Phi) is 24.9. The zero-order valence-corrected chi connectivity index (χ0v) is 20.6. The topological polar surface area (TPSA) is 152 Å². The Hall–Kier alpha value is -1.92. The van der Waals surface area contributed by atoms with Crippen molar-refractivity contribution < 1.29 is 38.5 Å². The maximum absolute atomic E-state index is 11.3. The van der Waals surface area contributed by atoms with Crippen LogP contribution in [0, 0.1) is 0 Å². The first-order chi connectivity index (χ1) is 15.7. The van der Waals surface area contributed by atoms with Crippen LogP contribution in [0.1, 0.15) is 46.0 Å². The van der Waals surface area contributed by atoms with Gasteiger partial charge < -0.3 is 40.1 Å².